The first-order chi connectivity index (χ1) is 12.8. The van der Waals surface area contributed by atoms with E-state index in [0.29, 0.717) is 23.9 Å². The fraction of sp³-hybridized carbons (Fsp3) is 0.438. The van der Waals surface area contributed by atoms with Gasteiger partial charge in [-0.3, -0.25) is 5.43 Å². The van der Waals surface area contributed by atoms with E-state index in [9.17, 15) is 21.6 Å². The highest BCUT2D eigenvalue weighted by Crippen LogP contribution is 2.35. The van der Waals surface area contributed by atoms with E-state index in [1.807, 2.05) is 0 Å². The summed E-state index contributed by atoms with van der Waals surface area (Å²) in [7, 11) is -4.32. The normalized spacial score (nSPS) is 26.3. The summed E-state index contributed by atoms with van der Waals surface area (Å²) in [6.07, 6.45) is 0.468. The third kappa shape index (κ3) is 3.04. The molecule has 0 saturated carbocycles. The van der Waals surface area contributed by atoms with Crippen LogP contribution in [-0.2, 0) is 10.0 Å². The second kappa shape index (κ2) is 6.59. The van der Waals surface area contributed by atoms with Crippen molar-refractivity contribution >= 4 is 10.0 Å². The van der Waals surface area contributed by atoms with Crippen molar-refractivity contribution in [3.05, 3.63) is 47.1 Å². The van der Waals surface area contributed by atoms with Crippen LogP contribution in [-0.4, -0.2) is 37.0 Å². The molecular weight excluding hydrogens is 385 g/mol. The third-order valence-electron chi connectivity index (χ3n) is 5.06. The molecular formula is C16H17F3N4O3S. The Labute approximate surface area is 153 Å². The molecule has 2 N–H and O–H groups in total. The first kappa shape index (κ1) is 18.4. The number of aromatic nitrogens is 1. The van der Waals surface area contributed by atoms with E-state index in [-0.39, 0.29) is 31.1 Å². The van der Waals surface area contributed by atoms with Crippen molar-refractivity contribution in [3.63, 3.8) is 0 Å². The quantitative estimate of drug-likeness (QED) is 0.759. The summed E-state index contributed by atoms with van der Waals surface area (Å²) in [5, 5.41) is 3.97. The van der Waals surface area contributed by atoms with Crippen molar-refractivity contribution in [2.45, 2.75) is 30.3 Å². The average molecular weight is 402 g/mol. The van der Waals surface area contributed by atoms with Gasteiger partial charge in [0.1, 0.15) is 16.3 Å². The van der Waals surface area contributed by atoms with Gasteiger partial charge in [-0.25, -0.2) is 27.0 Å². The highest BCUT2D eigenvalue weighted by atomic mass is 32.2. The van der Waals surface area contributed by atoms with Crippen LogP contribution in [0, 0.1) is 30.3 Å². The smallest absolute Gasteiger partial charge is 0.246 e. The van der Waals surface area contributed by atoms with E-state index in [2.05, 4.69) is 16.0 Å². The Hall–Kier alpha value is -1.95. The fourth-order valence-corrected chi connectivity index (χ4v) is 5.21. The van der Waals surface area contributed by atoms with E-state index >= 15 is 0 Å². The molecule has 3 heterocycles. The molecule has 0 amide bonds. The number of fused-ring (bicyclic) bond motifs is 1. The maximum absolute atomic E-state index is 14.1. The molecule has 11 heteroatoms. The number of rotatable bonds is 3. The van der Waals surface area contributed by atoms with Gasteiger partial charge in [0.25, 0.3) is 0 Å². The zero-order valence-corrected chi connectivity index (χ0v) is 15.1. The highest BCUT2D eigenvalue weighted by Gasteiger charge is 2.45. The zero-order valence-electron chi connectivity index (χ0n) is 14.2. The molecule has 2 aromatic rings. The lowest BCUT2D eigenvalue weighted by Crippen LogP contribution is -2.47. The van der Waals surface area contributed by atoms with Crippen LogP contribution in [0.1, 0.15) is 23.9 Å². The van der Waals surface area contributed by atoms with Crippen molar-refractivity contribution in [3.8, 4) is 0 Å². The number of nitrogens with one attached hydrogen (secondary N) is 2. The van der Waals surface area contributed by atoms with Gasteiger partial charge in [-0.1, -0.05) is 5.16 Å². The fourth-order valence-electron chi connectivity index (χ4n) is 3.66. The van der Waals surface area contributed by atoms with Gasteiger partial charge in [-0.15, -0.1) is 0 Å². The Bertz CT molecular complexity index is 981. The largest absolute Gasteiger partial charge is 0.361 e. The number of benzene rings is 1. The maximum Gasteiger partial charge on any atom is 0.246 e. The Morgan fingerprint density at radius 1 is 1.22 bits per heavy atom. The van der Waals surface area contributed by atoms with Gasteiger partial charge in [-0.2, -0.15) is 4.31 Å². The van der Waals surface area contributed by atoms with Crippen molar-refractivity contribution in [2.24, 2.45) is 5.92 Å². The van der Waals surface area contributed by atoms with Crippen LogP contribution < -0.4 is 10.9 Å². The van der Waals surface area contributed by atoms with Crippen LogP contribution in [0.5, 0.6) is 0 Å². The summed E-state index contributed by atoms with van der Waals surface area (Å²) in [6, 6.07) is 2.81. The van der Waals surface area contributed by atoms with Crippen LogP contribution in [0.25, 0.3) is 0 Å². The lowest BCUT2D eigenvalue weighted by atomic mass is 9.88. The molecule has 3 atom stereocenters. The van der Waals surface area contributed by atoms with Crippen LogP contribution in [0.15, 0.2) is 27.6 Å². The minimum absolute atomic E-state index is 0.00624. The zero-order chi connectivity index (χ0) is 19.3. The maximum atomic E-state index is 14.1. The van der Waals surface area contributed by atoms with Gasteiger partial charge < -0.3 is 4.52 Å². The van der Waals surface area contributed by atoms with E-state index < -0.39 is 32.4 Å². The minimum Gasteiger partial charge on any atom is -0.361 e. The highest BCUT2D eigenvalue weighted by molar-refractivity contribution is 7.89. The van der Waals surface area contributed by atoms with Crippen LogP contribution in [0.3, 0.4) is 0 Å². The molecule has 2 saturated heterocycles. The van der Waals surface area contributed by atoms with Crippen molar-refractivity contribution in [1.29, 1.82) is 0 Å². The third-order valence-corrected chi connectivity index (χ3v) is 6.94. The van der Waals surface area contributed by atoms with Crippen molar-refractivity contribution < 1.29 is 26.1 Å². The average Bonchev–Trinajstić information content (AvgIpc) is 3.24. The Balaban J connectivity index is 1.63. The van der Waals surface area contributed by atoms with Crippen LogP contribution in [0.4, 0.5) is 13.2 Å². The minimum atomic E-state index is -4.32. The van der Waals surface area contributed by atoms with E-state index in [1.165, 1.54) is 0 Å². The summed E-state index contributed by atoms with van der Waals surface area (Å²) in [5.74, 6) is -4.50. The molecule has 2 fully saturated rings. The Kier molecular flexibility index (Phi) is 4.49. The first-order valence-corrected chi connectivity index (χ1v) is 9.81. The standard InChI is InChI=1S/C16H17F3N4O3S/c1-8-6-12(22-26-8)16-9-7-23(5-4-11(9)20-21-16)27(24,25)13-3-2-10(17)14(18)15(13)19/h2-3,6,9,11,16,20-21H,4-5,7H2,1H3. The number of halogens is 3. The summed E-state index contributed by atoms with van der Waals surface area (Å²) in [4.78, 5) is -0.868. The second-order valence-corrected chi connectivity index (χ2v) is 8.63. The first-order valence-electron chi connectivity index (χ1n) is 8.37. The number of aryl methyl sites for hydroxylation is 1. The van der Waals surface area contributed by atoms with E-state index in [4.69, 9.17) is 4.52 Å². The molecule has 2 aliphatic heterocycles. The molecule has 0 bridgehead atoms. The number of sulfonamides is 1. The van der Waals surface area contributed by atoms with Crippen molar-refractivity contribution in [1.82, 2.24) is 20.3 Å². The lowest BCUT2D eigenvalue weighted by Gasteiger charge is -2.34. The van der Waals surface area contributed by atoms with E-state index in [0.717, 1.165) is 10.4 Å². The summed E-state index contributed by atoms with van der Waals surface area (Å²) in [6.45, 7) is 1.95. The van der Waals surface area contributed by atoms with Crippen LogP contribution >= 0.6 is 0 Å². The molecule has 0 spiro atoms. The molecule has 4 rings (SSSR count). The topological polar surface area (TPSA) is 87.5 Å². The molecule has 2 aliphatic rings. The summed E-state index contributed by atoms with van der Waals surface area (Å²) in [5.41, 5.74) is 6.84. The van der Waals surface area contributed by atoms with Gasteiger partial charge in [-0.05, 0) is 25.5 Å². The number of hydrazine groups is 1. The predicted molar refractivity (Wildman–Crippen MR) is 87.2 cm³/mol. The van der Waals surface area contributed by atoms with E-state index in [1.54, 1.807) is 13.0 Å². The van der Waals surface area contributed by atoms with Gasteiger partial charge >= 0.3 is 0 Å². The van der Waals surface area contributed by atoms with Gasteiger partial charge in [0.15, 0.2) is 17.5 Å². The summed E-state index contributed by atoms with van der Waals surface area (Å²) >= 11 is 0. The van der Waals surface area contributed by atoms with Crippen molar-refractivity contribution in [2.75, 3.05) is 13.1 Å². The van der Waals surface area contributed by atoms with Gasteiger partial charge in [0.05, 0.1) is 6.04 Å². The SMILES string of the molecule is Cc1cc(C2NNC3CCN(S(=O)(=O)c4ccc(F)c(F)c4F)CC32)no1. The number of hydrogen-bond acceptors (Lipinski definition) is 6. The molecule has 146 valence electrons. The van der Waals surface area contributed by atoms with Gasteiger partial charge in [0, 0.05) is 31.1 Å². The van der Waals surface area contributed by atoms with Gasteiger partial charge in [0.2, 0.25) is 10.0 Å². The second-order valence-electron chi connectivity index (χ2n) is 6.72. The molecule has 7 nitrogen and oxygen atoms in total. The Morgan fingerprint density at radius 2 is 2.00 bits per heavy atom. The molecule has 1 aromatic heterocycles. The molecule has 0 radical (unpaired) electrons. The number of piperidine rings is 1. The summed E-state index contributed by atoms with van der Waals surface area (Å²) < 4.78 is 72.6. The number of nitrogens with zero attached hydrogens (tertiary/aromatic N) is 2. The Morgan fingerprint density at radius 3 is 2.70 bits per heavy atom. The molecule has 1 aromatic carbocycles. The monoisotopic (exact) mass is 402 g/mol. The van der Waals surface area contributed by atoms with Crippen LogP contribution in [0.2, 0.25) is 0 Å². The molecule has 27 heavy (non-hydrogen) atoms. The molecule has 3 unspecified atom stereocenters. The number of hydrogen-bond donors (Lipinski definition) is 2. The lowest BCUT2D eigenvalue weighted by molar-refractivity contribution is 0.231. The predicted octanol–water partition coefficient (Wildman–Crippen LogP) is 1.63. The molecule has 0 aliphatic carbocycles.